The minimum Gasteiger partial charge on any atom is -0.339 e. The summed E-state index contributed by atoms with van der Waals surface area (Å²) in [6, 6.07) is 16.3. The summed E-state index contributed by atoms with van der Waals surface area (Å²) >= 11 is 0. The van der Waals surface area contributed by atoms with Crippen molar-refractivity contribution in [3.8, 4) is 11.3 Å². The molecule has 0 bridgehead atoms. The zero-order valence-electron chi connectivity index (χ0n) is 13.4. The van der Waals surface area contributed by atoms with Crippen LogP contribution in [0.3, 0.4) is 0 Å². The normalized spacial score (nSPS) is 10.9. The Labute approximate surface area is 139 Å². The van der Waals surface area contributed by atoms with Crippen molar-refractivity contribution in [1.82, 2.24) is 15.1 Å². The first-order valence-electron chi connectivity index (χ1n) is 7.72. The van der Waals surface area contributed by atoms with Gasteiger partial charge in [0, 0.05) is 11.3 Å². The van der Waals surface area contributed by atoms with Crippen molar-refractivity contribution in [3.05, 3.63) is 66.0 Å². The monoisotopic (exact) mass is 316 g/mol. The number of aromatic nitrogens is 3. The van der Waals surface area contributed by atoms with Crippen LogP contribution in [0.4, 0.5) is 11.5 Å². The molecule has 0 spiro atoms. The number of hydrogen-bond donors (Lipinski definition) is 1. The molecule has 0 aliphatic rings. The molecule has 0 aliphatic carbocycles. The molecule has 118 valence electrons. The smallest absolute Gasteiger partial charge is 0.263 e. The van der Waals surface area contributed by atoms with Crippen molar-refractivity contribution < 1.29 is 4.52 Å². The summed E-state index contributed by atoms with van der Waals surface area (Å²) < 4.78 is 5.39. The lowest BCUT2D eigenvalue weighted by Crippen LogP contribution is -1.95. The van der Waals surface area contributed by atoms with Crippen molar-refractivity contribution in [3.63, 3.8) is 0 Å². The van der Waals surface area contributed by atoms with Crippen LogP contribution in [0.15, 0.2) is 59.4 Å². The topological polar surface area (TPSA) is 63.8 Å². The van der Waals surface area contributed by atoms with Crippen molar-refractivity contribution >= 4 is 22.6 Å². The fourth-order valence-corrected chi connectivity index (χ4v) is 2.56. The molecule has 2 aromatic carbocycles. The van der Waals surface area contributed by atoms with Gasteiger partial charge in [0.2, 0.25) is 0 Å². The summed E-state index contributed by atoms with van der Waals surface area (Å²) in [6.07, 6.45) is 1.48. The lowest BCUT2D eigenvalue weighted by Gasteiger charge is -2.07. The van der Waals surface area contributed by atoms with E-state index in [4.69, 9.17) is 4.52 Å². The van der Waals surface area contributed by atoms with E-state index < -0.39 is 0 Å². The Morgan fingerprint density at radius 3 is 2.21 bits per heavy atom. The molecule has 2 aromatic heterocycles. The summed E-state index contributed by atoms with van der Waals surface area (Å²) in [5, 5.41) is 8.30. The number of aryl methyl sites for hydroxylation is 2. The molecular weight excluding hydrogens is 300 g/mol. The van der Waals surface area contributed by atoms with Crippen molar-refractivity contribution in [1.29, 1.82) is 0 Å². The molecule has 5 nitrogen and oxygen atoms in total. The average molecular weight is 316 g/mol. The zero-order chi connectivity index (χ0) is 16.5. The maximum absolute atomic E-state index is 5.39. The number of rotatable bonds is 3. The highest BCUT2D eigenvalue weighted by molar-refractivity contribution is 5.98. The van der Waals surface area contributed by atoms with Crippen molar-refractivity contribution in [2.45, 2.75) is 13.8 Å². The first-order chi connectivity index (χ1) is 11.7. The molecule has 0 saturated heterocycles. The summed E-state index contributed by atoms with van der Waals surface area (Å²) in [5.74, 6) is 0.681. The largest absolute Gasteiger partial charge is 0.339 e. The van der Waals surface area contributed by atoms with E-state index in [1.807, 2.05) is 36.4 Å². The highest BCUT2D eigenvalue weighted by Gasteiger charge is 2.16. The third kappa shape index (κ3) is 2.60. The van der Waals surface area contributed by atoms with Crippen LogP contribution in [0.2, 0.25) is 0 Å². The molecule has 1 N–H and O–H groups in total. The second-order valence-corrected chi connectivity index (χ2v) is 5.79. The van der Waals surface area contributed by atoms with Gasteiger partial charge in [-0.3, -0.25) is 0 Å². The lowest BCUT2D eigenvalue weighted by molar-refractivity contribution is 0.451. The zero-order valence-corrected chi connectivity index (χ0v) is 13.4. The Morgan fingerprint density at radius 1 is 0.833 bits per heavy atom. The molecule has 2 heterocycles. The van der Waals surface area contributed by atoms with Gasteiger partial charge in [0.25, 0.3) is 5.71 Å². The van der Waals surface area contributed by atoms with E-state index in [0.717, 1.165) is 22.3 Å². The number of hydrogen-bond acceptors (Lipinski definition) is 5. The third-order valence-corrected chi connectivity index (χ3v) is 3.91. The van der Waals surface area contributed by atoms with Gasteiger partial charge in [-0.1, -0.05) is 52.7 Å². The van der Waals surface area contributed by atoms with E-state index >= 15 is 0 Å². The highest BCUT2D eigenvalue weighted by atomic mass is 16.5. The lowest BCUT2D eigenvalue weighted by atomic mass is 10.1. The van der Waals surface area contributed by atoms with Crippen LogP contribution in [0.25, 0.3) is 22.4 Å². The SMILES string of the molecule is Cc1ccc(Nc2ncnc3onc(-c4ccc(C)cc4)c23)cc1. The molecule has 4 rings (SSSR count). The molecule has 0 atom stereocenters. The van der Waals surface area contributed by atoms with Gasteiger partial charge in [0.1, 0.15) is 23.2 Å². The van der Waals surface area contributed by atoms with Gasteiger partial charge < -0.3 is 9.84 Å². The second-order valence-electron chi connectivity index (χ2n) is 5.79. The third-order valence-electron chi connectivity index (χ3n) is 3.91. The molecular formula is C19H16N4O. The van der Waals surface area contributed by atoms with Crippen molar-refractivity contribution in [2.75, 3.05) is 5.32 Å². The molecule has 0 radical (unpaired) electrons. The standard InChI is InChI=1S/C19H16N4O/c1-12-3-7-14(8-4-12)17-16-18(20-11-21-19(16)24-23-17)22-15-9-5-13(2)6-10-15/h3-11H,1-2H3,(H,20,21,22). The van der Waals surface area contributed by atoms with Gasteiger partial charge in [0.05, 0.1) is 0 Å². The second kappa shape index (κ2) is 5.77. The molecule has 5 heteroatoms. The summed E-state index contributed by atoms with van der Waals surface area (Å²) in [6.45, 7) is 4.11. The predicted octanol–water partition coefficient (Wildman–Crippen LogP) is 4.65. The Kier molecular flexibility index (Phi) is 3.46. The van der Waals surface area contributed by atoms with Gasteiger partial charge in [-0.25, -0.2) is 4.98 Å². The minimum atomic E-state index is 0.468. The summed E-state index contributed by atoms with van der Waals surface area (Å²) in [7, 11) is 0. The van der Waals surface area contributed by atoms with Gasteiger partial charge in [-0.15, -0.1) is 0 Å². The first kappa shape index (κ1) is 14.4. The maximum atomic E-state index is 5.39. The molecule has 24 heavy (non-hydrogen) atoms. The van der Waals surface area contributed by atoms with Crippen LogP contribution in [0, 0.1) is 13.8 Å². The van der Waals surface area contributed by atoms with Crippen LogP contribution in [-0.4, -0.2) is 15.1 Å². The van der Waals surface area contributed by atoms with E-state index in [-0.39, 0.29) is 0 Å². The van der Waals surface area contributed by atoms with Crippen molar-refractivity contribution in [2.24, 2.45) is 0 Å². The van der Waals surface area contributed by atoms with Gasteiger partial charge >= 0.3 is 0 Å². The Balaban J connectivity index is 1.82. The van der Waals surface area contributed by atoms with E-state index in [1.165, 1.54) is 17.5 Å². The van der Waals surface area contributed by atoms with E-state index in [2.05, 4.69) is 46.4 Å². The van der Waals surface area contributed by atoms with E-state index in [1.54, 1.807) is 0 Å². The molecule has 0 fully saturated rings. The van der Waals surface area contributed by atoms with E-state index in [9.17, 15) is 0 Å². The van der Waals surface area contributed by atoms with E-state index in [0.29, 0.717) is 11.5 Å². The van der Waals surface area contributed by atoms with Gasteiger partial charge in [0.15, 0.2) is 0 Å². The first-order valence-corrected chi connectivity index (χ1v) is 7.72. The molecule has 4 aromatic rings. The van der Waals surface area contributed by atoms with Crippen LogP contribution >= 0.6 is 0 Å². The summed E-state index contributed by atoms with van der Waals surface area (Å²) in [5.41, 5.74) is 5.53. The van der Waals surface area contributed by atoms with Crippen LogP contribution < -0.4 is 5.32 Å². The fourth-order valence-electron chi connectivity index (χ4n) is 2.56. The minimum absolute atomic E-state index is 0.468. The highest BCUT2D eigenvalue weighted by Crippen LogP contribution is 2.32. The van der Waals surface area contributed by atoms with Crippen LogP contribution in [-0.2, 0) is 0 Å². The predicted molar refractivity (Wildman–Crippen MR) is 94.2 cm³/mol. The summed E-state index contributed by atoms with van der Waals surface area (Å²) in [4.78, 5) is 8.56. The fraction of sp³-hybridized carbons (Fsp3) is 0.105. The Bertz CT molecular complexity index is 988. The number of fused-ring (bicyclic) bond motifs is 1. The quantitative estimate of drug-likeness (QED) is 0.596. The Morgan fingerprint density at radius 2 is 1.50 bits per heavy atom. The number of anilines is 2. The number of nitrogens with zero attached hydrogens (tertiary/aromatic N) is 3. The molecule has 0 unspecified atom stereocenters. The van der Waals surface area contributed by atoms with Crippen LogP contribution in [0.1, 0.15) is 11.1 Å². The van der Waals surface area contributed by atoms with Gasteiger partial charge in [-0.05, 0) is 26.0 Å². The Hall–Kier alpha value is -3.21. The average Bonchev–Trinajstić information content (AvgIpc) is 3.03. The maximum Gasteiger partial charge on any atom is 0.263 e. The molecule has 0 amide bonds. The van der Waals surface area contributed by atoms with Gasteiger partial charge in [-0.2, -0.15) is 4.98 Å². The number of benzene rings is 2. The molecule has 0 saturated carbocycles. The molecule has 0 aliphatic heterocycles. The van der Waals surface area contributed by atoms with Crippen LogP contribution in [0.5, 0.6) is 0 Å². The number of nitrogens with one attached hydrogen (secondary N) is 1.